The summed E-state index contributed by atoms with van der Waals surface area (Å²) < 4.78 is 32.5. The highest BCUT2D eigenvalue weighted by Gasteiger charge is 2.27. The molecule has 3 N–H and O–H groups in total. The highest BCUT2D eigenvalue weighted by Crippen LogP contribution is 2.43. The van der Waals surface area contributed by atoms with Crippen LogP contribution in [0.1, 0.15) is 136 Å². The molecule has 0 spiro atoms. The summed E-state index contributed by atoms with van der Waals surface area (Å²) in [5.41, 5.74) is 0. The van der Waals surface area contributed by atoms with Crippen molar-refractivity contribution >= 4 is 19.8 Å². The fraction of sp³-hybridized carbons (Fsp3) is 0.692. The van der Waals surface area contributed by atoms with Crippen LogP contribution in [0.5, 0.6) is 0 Å². The molecule has 10 nitrogen and oxygen atoms in total. The normalized spacial score (nSPS) is 14.7. The van der Waals surface area contributed by atoms with Crippen molar-refractivity contribution in [2.75, 3.05) is 26.4 Å². The lowest BCUT2D eigenvalue weighted by molar-refractivity contribution is -0.161. The number of esters is 2. The number of hydrogen-bond donors (Lipinski definition) is 3. The molecule has 0 aliphatic rings. The summed E-state index contributed by atoms with van der Waals surface area (Å²) in [5.74, 6) is -0.973. The van der Waals surface area contributed by atoms with Crippen LogP contribution in [-0.2, 0) is 32.7 Å². The average Bonchev–Trinajstić information content (AvgIpc) is 3.10. The lowest BCUT2D eigenvalue weighted by Gasteiger charge is -2.20. The fourth-order valence-electron chi connectivity index (χ4n) is 4.51. The Morgan fingerprint density at radius 3 is 1.68 bits per heavy atom. The summed E-state index contributed by atoms with van der Waals surface area (Å²) in [6.45, 7) is 2.13. The van der Waals surface area contributed by atoms with Gasteiger partial charge in [0.05, 0.1) is 19.8 Å². The van der Waals surface area contributed by atoms with E-state index in [4.69, 9.17) is 19.1 Å². The van der Waals surface area contributed by atoms with Gasteiger partial charge in [-0.3, -0.25) is 18.6 Å². The molecule has 0 radical (unpaired) electrons. The van der Waals surface area contributed by atoms with Crippen LogP contribution < -0.4 is 0 Å². The number of aliphatic hydroxyl groups excluding tert-OH is 2. The molecule has 288 valence electrons. The van der Waals surface area contributed by atoms with Crippen LogP contribution in [0.2, 0.25) is 0 Å². The molecule has 0 aliphatic heterocycles. The monoisotopic (exact) mass is 726 g/mol. The molecule has 0 fully saturated rings. The summed E-state index contributed by atoms with van der Waals surface area (Å²) in [6.07, 6.45) is 36.3. The maximum Gasteiger partial charge on any atom is 0.472 e. The van der Waals surface area contributed by atoms with Crippen molar-refractivity contribution in [3.63, 3.8) is 0 Å². The summed E-state index contributed by atoms with van der Waals surface area (Å²) >= 11 is 0. The molecular formula is C39H67O10P. The number of carbonyl (C=O) groups is 2. The summed E-state index contributed by atoms with van der Waals surface area (Å²) in [6, 6.07) is 0. The average molecular weight is 727 g/mol. The topological polar surface area (TPSA) is 149 Å². The van der Waals surface area contributed by atoms with Crippen molar-refractivity contribution in [1.29, 1.82) is 0 Å². The Morgan fingerprint density at radius 2 is 1.10 bits per heavy atom. The number of phosphoric ester groups is 1. The predicted octanol–water partition coefficient (Wildman–Crippen LogP) is 9.16. The lowest BCUT2D eigenvalue weighted by atomic mass is 10.1. The van der Waals surface area contributed by atoms with Gasteiger partial charge in [0.25, 0.3) is 0 Å². The van der Waals surface area contributed by atoms with Crippen LogP contribution in [0.3, 0.4) is 0 Å². The molecule has 0 aromatic carbocycles. The van der Waals surface area contributed by atoms with E-state index in [1.54, 1.807) is 0 Å². The van der Waals surface area contributed by atoms with Crippen LogP contribution in [0.15, 0.2) is 60.8 Å². The highest BCUT2D eigenvalue weighted by molar-refractivity contribution is 7.47. The van der Waals surface area contributed by atoms with Gasteiger partial charge in [-0.1, -0.05) is 113 Å². The molecule has 0 aromatic heterocycles. The van der Waals surface area contributed by atoms with E-state index in [1.807, 2.05) is 0 Å². The van der Waals surface area contributed by atoms with Gasteiger partial charge < -0.3 is 24.6 Å². The second kappa shape index (κ2) is 35.1. The van der Waals surface area contributed by atoms with E-state index in [0.717, 1.165) is 96.3 Å². The maximum absolute atomic E-state index is 12.5. The molecule has 0 bridgehead atoms. The Hall–Kier alpha value is -2.33. The van der Waals surface area contributed by atoms with Gasteiger partial charge in [-0.2, -0.15) is 0 Å². The van der Waals surface area contributed by atoms with Crippen LogP contribution in [-0.4, -0.2) is 65.7 Å². The Kier molecular flexibility index (Phi) is 33.5. The van der Waals surface area contributed by atoms with Crippen LogP contribution in [0.25, 0.3) is 0 Å². The Morgan fingerprint density at radius 1 is 0.620 bits per heavy atom. The molecule has 3 unspecified atom stereocenters. The van der Waals surface area contributed by atoms with Gasteiger partial charge in [0.15, 0.2) is 6.10 Å². The van der Waals surface area contributed by atoms with Gasteiger partial charge in [-0.05, 0) is 70.6 Å². The van der Waals surface area contributed by atoms with Crippen molar-refractivity contribution in [2.24, 2.45) is 0 Å². The van der Waals surface area contributed by atoms with Crippen molar-refractivity contribution in [3.05, 3.63) is 60.8 Å². The molecule has 3 atom stereocenters. The minimum absolute atomic E-state index is 0.152. The van der Waals surface area contributed by atoms with Crippen LogP contribution >= 0.6 is 7.82 Å². The second-order valence-electron chi connectivity index (χ2n) is 12.2. The first kappa shape index (κ1) is 47.7. The van der Waals surface area contributed by atoms with E-state index in [2.05, 4.69) is 79.1 Å². The third-order valence-electron chi connectivity index (χ3n) is 7.39. The zero-order valence-corrected chi connectivity index (χ0v) is 31.7. The van der Waals surface area contributed by atoms with Gasteiger partial charge in [0, 0.05) is 12.8 Å². The first-order valence-electron chi connectivity index (χ1n) is 18.7. The second-order valence-corrected chi connectivity index (χ2v) is 13.7. The largest absolute Gasteiger partial charge is 0.472 e. The minimum Gasteiger partial charge on any atom is -0.462 e. The molecule has 0 aromatic rings. The fourth-order valence-corrected chi connectivity index (χ4v) is 5.30. The molecular weight excluding hydrogens is 659 g/mol. The minimum atomic E-state index is -4.62. The number of ether oxygens (including phenoxy) is 2. The number of allylic oxidation sites excluding steroid dienone is 10. The number of phosphoric acid groups is 1. The van der Waals surface area contributed by atoms with Gasteiger partial charge >= 0.3 is 19.8 Å². The van der Waals surface area contributed by atoms with Crippen molar-refractivity contribution in [3.8, 4) is 0 Å². The van der Waals surface area contributed by atoms with Crippen LogP contribution in [0, 0.1) is 0 Å². The Balaban J connectivity index is 4.43. The molecule has 11 heteroatoms. The van der Waals surface area contributed by atoms with Crippen molar-refractivity contribution in [1.82, 2.24) is 0 Å². The molecule has 0 saturated heterocycles. The number of aliphatic hydroxyl groups is 2. The highest BCUT2D eigenvalue weighted by atomic mass is 31.2. The van der Waals surface area contributed by atoms with Gasteiger partial charge in [0.1, 0.15) is 12.7 Å². The summed E-state index contributed by atoms with van der Waals surface area (Å²) in [5, 5.41) is 18.3. The molecule has 50 heavy (non-hydrogen) atoms. The standard InChI is InChI=1S/C39H67O10P/c1-3-5-7-9-11-13-15-16-17-18-19-20-21-23-25-27-29-31-39(43)49-37(35-48-50(44,45)47-33-36(41)32-40)34-46-38(42)30-28-26-24-22-14-12-10-8-6-4-2/h5,7-8,10-11,13,16-17,19-20,36-37,40-41H,3-4,6,9,12,14-15,18,21-35H2,1-2H3,(H,44,45)/b7-5-,10-8-,13-11-,17-16-,20-19-. The third-order valence-corrected chi connectivity index (χ3v) is 8.34. The SMILES string of the molecule is CC/C=C\C/C=C\C/C=C\C/C=C\CCCCCCC(=O)OC(COC(=O)CCCCCCC/C=C\CCC)COP(=O)(O)OCC(O)CO. The molecule has 0 rings (SSSR count). The van der Waals surface area contributed by atoms with E-state index in [0.29, 0.717) is 12.8 Å². The van der Waals surface area contributed by atoms with Crippen molar-refractivity contribution < 1.29 is 47.8 Å². The van der Waals surface area contributed by atoms with Gasteiger partial charge in [-0.15, -0.1) is 0 Å². The number of rotatable bonds is 34. The zero-order valence-electron chi connectivity index (χ0n) is 30.8. The lowest BCUT2D eigenvalue weighted by Crippen LogP contribution is -2.29. The number of carbonyl (C=O) groups excluding carboxylic acids is 2. The van der Waals surface area contributed by atoms with E-state index in [9.17, 15) is 24.2 Å². The maximum atomic E-state index is 12.5. The number of hydrogen-bond acceptors (Lipinski definition) is 9. The van der Waals surface area contributed by atoms with Crippen LogP contribution in [0.4, 0.5) is 0 Å². The smallest absolute Gasteiger partial charge is 0.462 e. The van der Waals surface area contributed by atoms with E-state index >= 15 is 0 Å². The molecule has 0 heterocycles. The van der Waals surface area contributed by atoms with E-state index in [1.165, 1.54) is 0 Å². The quantitative estimate of drug-likeness (QED) is 0.0254. The zero-order chi connectivity index (χ0) is 37.0. The third kappa shape index (κ3) is 34.1. The molecule has 0 saturated carbocycles. The molecule has 0 aliphatic carbocycles. The predicted molar refractivity (Wildman–Crippen MR) is 200 cm³/mol. The number of unbranched alkanes of at least 4 members (excludes halogenated alkanes) is 10. The Bertz CT molecular complexity index is 1020. The van der Waals surface area contributed by atoms with E-state index < -0.39 is 51.8 Å². The Labute approximate surface area is 302 Å². The summed E-state index contributed by atoms with van der Waals surface area (Å²) in [7, 11) is -4.62. The van der Waals surface area contributed by atoms with Gasteiger partial charge in [-0.25, -0.2) is 4.57 Å². The first-order chi connectivity index (χ1) is 24.2. The van der Waals surface area contributed by atoms with Gasteiger partial charge in [0.2, 0.25) is 0 Å². The van der Waals surface area contributed by atoms with Crippen molar-refractivity contribution in [2.45, 2.75) is 148 Å². The van der Waals surface area contributed by atoms with E-state index in [-0.39, 0.29) is 19.4 Å². The summed E-state index contributed by atoms with van der Waals surface area (Å²) in [4.78, 5) is 34.8. The molecule has 0 amide bonds. The first-order valence-corrected chi connectivity index (χ1v) is 20.2.